The number of hydrogen-bond donors (Lipinski definition) is 4. The van der Waals surface area contributed by atoms with E-state index in [1.807, 2.05) is 36.4 Å². The maximum Gasteiger partial charge on any atom is 0.184 e. The fourth-order valence-electron chi connectivity index (χ4n) is 2.44. The van der Waals surface area contributed by atoms with Crippen molar-refractivity contribution < 1.29 is 0 Å². The summed E-state index contributed by atoms with van der Waals surface area (Å²) in [7, 11) is 0. The fourth-order valence-corrected chi connectivity index (χ4v) is 2.53. The highest BCUT2D eigenvalue weighted by molar-refractivity contribution is 7.80. The molecule has 22 heavy (non-hydrogen) atoms. The molecule has 0 bridgehead atoms. The van der Waals surface area contributed by atoms with Gasteiger partial charge in [0.1, 0.15) is 11.4 Å². The van der Waals surface area contributed by atoms with Gasteiger partial charge in [-0.25, -0.2) is 0 Å². The minimum atomic E-state index is 0.0808. The zero-order chi connectivity index (χ0) is 15.7. The quantitative estimate of drug-likeness (QED) is 0.483. The van der Waals surface area contributed by atoms with Crippen molar-refractivity contribution in [3.05, 3.63) is 47.5 Å². The average Bonchev–Trinajstić information content (AvgIpc) is 2.79. The van der Waals surface area contributed by atoms with Gasteiger partial charge < -0.3 is 11.5 Å². The lowest BCUT2D eigenvalue weighted by Gasteiger charge is -2.04. The molecule has 0 atom stereocenters. The highest BCUT2D eigenvalue weighted by Gasteiger charge is 2.27. The van der Waals surface area contributed by atoms with Crippen LogP contribution in [0.5, 0.6) is 0 Å². The number of nitrogens with two attached hydrogens (primary N) is 2. The Bertz CT molecular complexity index is 789. The molecule has 0 saturated carbocycles. The van der Waals surface area contributed by atoms with Crippen LogP contribution in [0.3, 0.4) is 0 Å². The summed E-state index contributed by atoms with van der Waals surface area (Å²) in [4.78, 5) is 0. The van der Waals surface area contributed by atoms with Gasteiger partial charge in [-0.2, -0.15) is 10.2 Å². The van der Waals surface area contributed by atoms with E-state index in [1.54, 1.807) is 0 Å². The molecule has 0 radical (unpaired) electrons. The van der Waals surface area contributed by atoms with E-state index in [0.29, 0.717) is 11.4 Å². The van der Waals surface area contributed by atoms with Gasteiger partial charge in [-0.15, -0.1) is 0 Å². The number of hydrogen-bond acceptors (Lipinski definition) is 4. The van der Waals surface area contributed by atoms with Crippen molar-refractivity contribution in [3.63, 3.8) is 0 Å². The van der Waals surface area contributed by atoms with Crippen molar-refractivity contribution in [2.75, 3.05) is 0 Å². The smallest absolute Gasteiger partial charge is 0.184 e. The van der Waals surface area contributed by atoms with Crippen LogP contribution in [0.25, 0.3) is 10.8 Å². The molecule has 2 aromatic carbocycles. The summed E-state index contributed by atoms with van der Waals surface area (Å²) in [5.74, 6) is 0. The second-order valence-corrected chi connectivity index (χ2v) is 5.46. The lowest BCUT2D eigenvalue weighted by Crippen LogP contribution is -2.29. The molecule has 6 N–H and O–H groups in total. The molecule has 0 saturated heterocycles. The van der Waals surface area contributed by atoms with Gasteiger partial charge in [0.05, 0.1) is 0 Å². The minimum absolute atomic E-state index is 0.0808. The Hall–Kier alpha value is -2.58. The molecule has 0 amide bonds. The summed E-state index contributed by atoms with van der Waals surface area (Å²) < 4.78 is 0. The number of benzene rings is 2. The number of rotatable bonds is 2. The van der Waals surface area contributed by atoms with Crippen molar-refractivity contribution >= 4 is 56.9 Å². The van der Waals surface area contributed by atoms with Crippen molar-refractivity contribution in [2.45, 2.75) is 0 Å². The summed E-state index contributed by atoms with van der Waals surface area (Å²) in [6, 6.07) is 11.9. The predicted molar refractivity (Wildman–Crippen MR) is 96.9 cm³/mol. The molecule has 0 fully saturated rings. The molecule has 0 aliphatic heterocycles. The molecule has 1 aliphatic rings. The Kier molecular flexibility index (Phi) is 3.70. The van der Waals surface area contributed by atoms with Gasteiger partial charge in [-0.3, -0.25) is 10.9 Å². The zero-order valence-electron chi connectivity index (χ0n) is 11.3. The van der Waals surface area contributed by atoms with E-state index in [2.05, 4.69) is 21.1 Å². The molecular formula is C14H12N6S2. The first-order valence-corrected chi connectivity index (χ1v) is 7.18. The van der Waals surface area contributed by atoms with Crippen molar-refractivity contribution in [3.8, 4) is 0 Å². The standard InChI is InChI=1S/C14H12N6S2/c15-13(21)19-17-11-8-5-1-3-7-4-2-6-9(10(7)8)12(11)18-20-14(16)22/h1-6H,(H3,15,19,21)(H3,16,20,22). The average molecular weight is 328 g/mol. The molecule has 1 aliphatic carbocycles. The molecule has 0 heterocycles. The third kappa shape index (κ3) is 2.49. The molecule has 2 aromatic rings. The number of hydrazone groups is 2. The van der Waals surface area contributed by atoms with Crippen LogP contribution in [0.4, 0.5) is 0 Å². The summed E-state index contributed by atoms with van der Waals surface area (Å²) in [6.07, 6.45) is 0. The maximum atomic E-state index is 5.46. The van der Waals surface area contributed by atoms with E-state index in [1.165, 1.54) is 0 Å². The van der Waals surface area contributed by atoms with Gasteiger partial charge in [0.2, 0.25) is 0 Å². The first-order chi connectivity index (χ1) is 10.6. The number of thiocarbonyl (C=S) groups is 2. The molecule has 0 unspecified atom stereocenters. The maximum absolute atomic E-state index is 5.46. The molecular weight excluding hydrogens is 316 g/mol. The van der Waals surface area contributed by atoms with Crippen LogP contribution in [0.2, 0.25) is 0 Å². The van der Waals surface area contributed by atoms with E-state index < -0.39 is 0 Å². The molecule has 6 nitrogen and oxygen atoms in total. The largest absolute Gasteiger partial charge is 0.375 e. The van der Waals surface area contributed by atoms with Gasteiger partial charge >= 0.3 is 0 Å². The predicted octanol–water partition coefficient (Wildman–Crippen LogP) is 0.928. The van der Waals surface area contributed by atoms with Crippen molar-refractivity contribution in [2.24, 2.45) is 21.7 Å². The Morgan fingerprint density at radius 1 is 0.818 bits per heavy atom. The highest BCUT2D eigenvalue weighted by atomic mass is 32.1. The van der Waals surface area contributed by atoms with Crippen LogP contribution in [0, 0.1) is 0 Å². The van der Waals surface area contributed by atoms with E-state index >= 15 is 0 Å². The van der Waals surface area contributed by atoms with Gasteiger partial charge in [0.15, 0.2) is 10.2 Å². The fraction of sp³-hybridized carbons (Fsp3) is 0. The Morgan fingerprint density at radius 2 is 1.27 bits per heavy atom. The van der Waals surface area contributed by atoms with E-state index in [9.17, 15) is 0 Å². The Balaban J connectivity index is 2.22. The summed E-state index contributed by atoms with van der Waals surface area (Å²) >= 11 is 9.61. The van der Waals surface area contributed by atoms with E-state index in [0.717, 1.165) is 21.9 Å². The van der Waals surface area contributed by atoms with Crippen molar-refractivity contribution in [1.29, 1.82) is 0 Å². The van der Waals surface area contributed by atoms with Gasteiger partial charge in [0, 0.05) is 16.5 Å². The van der Waals surface area contributed by atoms with E-state index in [-0.39, 0.29) is 10.2 Å². The van der Waals surface area contributed by atoms with Gasteiger partial charge in [-0.1, -0.05) is 36.4 Å². The number of nitrogens with one attached hydrogen (secondary N) is 2. The lowest BCUT2D eigenvalue weighted by atomic mass is 10.1. The third-order valence-corrected chi connectivity index (χ3v) is 3.38. The summed E-state index contributed by atoms with van der Waals surface area (Å²) in [6.45, 7) is 0. The summed E-state index contributed by atoms with van der Waals surface area (Å²) in [5.41, 5.74) is 19.3. The first kappa shape index (κ1) is 14.4. The lowest BCUT2D eigenvalue weighted by molar-refractivity contribution is 1.02. The molecule has 0 spiro atoms. The second-order valence-electron chi connectivity index (χ2n) is 4.58. The van der Waals surface area contributed by atoms with E-state index in [4.69, 9.17) is 35.9 Å². The van der Waals surface area contributed by atoms with Crippen LogP contribution in [0.1, 0.15) is 11.1 Å². The van der Waals surface area contributed by atoms with Crippen LogP contribution < -0.4 is 22.3 Å². The minimum Gasteiger partial charge on any atom is -0.375 e. The number of nitrogens with zero attached hydrogens (tertiary/aromatic N) is 2. The van der Waals surface area contributed by atoms with Gasteiger partial charge in [-0.05, 0) is 29.8 Å². The highest BCUT2D eigenvalue weighted by Crippen LogP contribution is 2.31. The molecule has 3 rings (SSSR count). The SMILES string of the molecule is NC(=S)NN=C1C(=NNC(N)=S)c2cccc3cccc1c23. The second kappa shape index (κ2) is 5.66. The summed E-state index contributed by atoms with van der Waals surface area (Å²) in [5, 5.41) is 10.9. The van der Waals surface area contributed by atoms with Crippen molar-refractivity contribution in [1.82, 2.24) is 10.9 Å². The van der Waals surface area contributed by atoms with Crippen LogP contribution >= 0.6 is 24.4 Å². The normalized spacial score (nSPS) is 16.2. The Morgan fingerprint density at radius 3 is 1.68 bits per heavy atom. The topological polar surface area (TPSA) is 101 Å². The molecule has 110 valence electrons. The van der Waals surface area contributed by atoms with Crippen LogP contribution in [-0.4, -0.2) is 21.6 Å². The molecule has 0 aromatic heterocycles. The third-order valence-electron chi connectivity index (χ3n) is 3.20. The van der Waals surface area contributed by atoms with Gasteiger partial charge in [0.25, 0.3) is 0 Å². The van der Waals surface area contributed by atoms with Crippen LogP contribution in [-0.2, 0) is 0 Å². The van der Waals surface area contributed by atoms with Crippen LogP contribution in [0.15, 0.2) is 46.6 Å². The Labute approximate surface area is 137 Å². The zero-order valence-corrected chi connectivity index (χ0v) is 13.0. The monoisotopic (exact) mass is 328 g/mol. The first-order valence-electron chi connectivity index (χ1n) is 6.37. The molecule has 8 heteroatoms.